The van der Waals surface area contributed by atoms with E-state index in [1.165, 1.54) is 6.26 Å². The van der Waals surface area contributed by atoms with Gasteiger partial charge in [-0.25, -0.2) is 8.42 Å². The van der Waals surface area contributed by atoms with Gasteiger partial charge in [-0.3, -0.25) is 0 Å². The molecule has 1 aromatic carbocycles. The summed E-state index contributed by atoms with van der Waals surface area (Å²) in [6.07, 6.45) is 4.16. The van der Waals surface area contributed by atoms with Crippen LogP contribution in [0.15, 0.2) is 18.2 Å². The summed E-state index contributed by atoms with van der Waals surface area (Å²) in [7, 11) is -3.01. The minimum Gasteiger partial charge on any atom is -0.489 e. The summed E-state index contributed by atoms with van der Waals surface area (Å²) in [5, 5.41) is 0.213. The van der Waals surface area contributed by atoms with E-state index >= 15 is 0 Å². The third-order valence-electron chi connectivity index (χ3n) is 3.96. The lowest BCUT2D eigenvalue weighted by Crippen LogP contribution is -2.33. The highest BCUT2D eigenvalue weighted by molar-refractivity contribution is 7.91. The molecule has 1 saturated carbocycles. The van der Waals surface area contributed by atoms with Gasteiger partial charge in [-0.05, 0) is 43.9 Å². The molecule has 6 heteroatoms. The number of hydrogen-bond acceptors (Lipinski definition) is 4. The molecule has 0 amide bonds. The summed E-state index contributed by atoms with van der Waals surface area (Å²) in [6.45, 7) is 1.89. The van der Waals surface area contributed by atoms with Crippen LogP contribution in [0, 0.1) is 0 Å². The maximum Gasteiger partial charge on any atom is 0.150 e. The van der Waals surface area contributed by atoms with E-state index in [2.05, 4.69) is 0 Å². The van der Waals surface area contributed by atoms with E-state index in [4.69, 9.17) is 22.1 Å². The first-order valence-corrected chi connectivity index (χ1v) is 9.51. The molecule has 1 fully saturated rings. The maximum absolute atomic E-state index is 11.7. The number of halogens is 1. The third kappa shape index (κ3) is 4.34. The minimum atomic E-state index is -3.01. The topological polar surface area (TPSA) is 69.4 Å². The van der Waals surface area contributed by atoms with Crippen molar-refractivity contribution >= 4 is 21.4 Å². The van der Waals surface area contributed by atoms with Crippen molar-refractivity contribution in [2.75, 3.05) is 6.26 Å². The highest BCUT2D eigenvalue weighted by atomic mass is 35.5. The van der Waals surface area contributed by atoms with Gasteiger partial charge in [0.05, 0.1) is 10.3 Å². The molecule has 0 bridgehead atoms. The predicted molar refractivity (Wildman–Crippen MR) is 85.6 cm³/mol. The Hall–Kier alpha value is -0.780. The van der Waals surface area contributed by atoms with Crippen molar-refractivity contribution in [3.05, 3.63) is 28.8 Å². The molecule has 21 heavy (non-hydrogen) atoms. The number of sulfone groups is 1. The summed E-state index contributed by atoms with van der Waals surface area (Å²) in [4.78, 5) is 0. The second-order valence-electron chi connectivity index (χ2n) is 5.84. The van der Waals surface area contributed by atoms with E-state index in [9.17, 15) is 8.42 Å². The van der Waals surface area contributed by atoms with Crippen LogP contribution >= 0.6 is 11.6 Å². The first kappa shape index (κ1) is 16.6. The molecule has 0 radical (unpaired) electrons. The monoisotopic (exact) mass is 331 g/mol. The molecule has 1 aliphatic rings. The van der Waals surface area contributed by atoms with Gasteiger partial charge in [-0.2, -0.15) is 0 Å². The fourth-order valence-electron chi connectivity index (χ4n) is 2.67. The normalized spacial score (nSPS) is 24.6. The number of benzene rings is 1. The van der Waals surface area contributed by atoms with Crippen molar-refractivity contribution in [3.63, 3.8) is 0 Å². The van der Waals surface area contributed by atoms with Crippen LogP contribution in [0.3, 0.4) is 0 Å². The van der Waals surface area contributed by atoms with Gasteiger partial charge in [0.25, 0.3) is 0 Å². The van der Waals surface area contributed by atoms with Crippen LogP contribution in [0.2, 0.25) is 5.02 Å². The lowest BCUT2D eigenvalue weighted by atomic mass is 9.97. The van der Waals surface area contributed by atoms with Crippen LogP contribution < -0.4 is 10.5 Å². The van der Waals surface area contributed by atoms with Gasteiger partial charge in [0.1, 0.15) is 21.7 Å². The smallest absolute Gasteiger partial charge is 0.150 e. The highest BCUT2D eigenvalue weighted by Gasteiger charge is 2.30. The van der Waals surface area contributed by atoms with Gasteiger partial charge in [-0.15, -0.1) is 0 Å². The maximum atomic E-state index is 11.7. The molecular formula is C15H22ClNO3S. The van der Waals surface area contributed by atoms with E-state index in [1.54, 1.807) is 6.07 Å². The number of nitrogens with two attached hydrogens (primary N) is 1. The Morgan fingerprint density at radius 1 is 1.38 bits per heavy atom. The molecule has 0 aromatic heterocycles. The zero-order valence-corrected chi connectivity index (χ0v) is 14.0. The largest absolute Gasteiger partial charge is 0.489 e. The number of hydrogen-bond donors (Lipinski definition) is 1. The predicted octanol–water partition coefficient (Wildman–Crippen LogP) is 3.09. The molecule has 1 aliphatic carbocycles. The molecule has 2 rings (SSSR count). The van der Waals surface area contributed by atoms with E-state index in [1.807, 2.05) is 19.1 Å². The second kappa shape index (κ2) is 6.55. The van der Waals surface area contributed by atoms with Crippen molar-refractivity contribution in [2.24, 2.45) is 5.73 Å². The fourth-order valence-corrected chi connectivity index (χ4v) is 4.07. The zero-order valence-electron chi connectivity index (χ0n) is 12.4. The van der Waals surface area contributed by atoms with Crippen LogP contribution in [0.1, 0.15) is 44.2 Å². The SMILES string of the molecule is C[C@@H](N)c1ccc(OC2CCCC(S(C)(=O)=O)C2)c(Cl)c1. The second-order valence-corrected chi connectivity index (χ2v) is 8.57. The fraction of sp³-hybridized carbons (Fsp3) is 0.600. The van der Waals surface area contributed by atoms with Gasteiger partial charge in [-0.1, -0.05) is 17.7 Å². The van der Waals surface area contributed by atoms with Crippen molar-refractivity contribution in [1.82, 2.24) is 0 Å². The van der Waals surface area contributed by atoms with Crippen LogP contribution in [0.25, 0.3) is 0 Å². The standard InChI is InChI=1S/C15H22ClNO3S/c1-10(17)11-6-7-15(14(16)8-11)20-12-4-3-5-13(9-12)21(2,18)19/h6-8,10,12-13H,3-5,9,17H2,1-2H3/t10-,12?,13?/m1/s1. The molecular weight excluding hydrogens is 310 g/mol. The first-order valence-electron chi connectivity index (χ1n) is 7.18. The Morgan fingerprint density at radius 3 is 2.67 bits per heavy atom. The van der Waals surface area contributed by atoms with Crippen molar-refractivity contribution in [3.8, 4) is 5.75 Å². The van der Waals surface area contributed by atoms with E-state index in [0.717, 1.165) is 24.8 Å². The summed E-state index contributed by atoms with van der Waals surface area (Å²) in [6, 6.07) is 5.42. The average molecular weight is 332 g/mol. The first-order chi connectivity index (χ1) is 9.77. The van der Waals surface area contributed by atoms with Gasteiger partial charge in [0.15, 0.2) is 0 Å². The molecule has 2 unspecified atom stereocenters. The summed E-state index contributed by atoms with van der Waals surface area (Å²) < 4.78 is 29.3. The summed E-state index contributed by atoms with van der Waals surface area (Å²) in [5.74, 6) is 0.597. The Morgan fingerprint density at radius 2 is 2.10 bits per heavy atom. The Bertz CT molecular complexity index is 601. The lowest BCUT2D eigenvalue weighted by Gasteiger charge is -2.29. The summed E-state index contributed by atoms with van der Waals surface area (Å²) in [5.41, 5.74) is 6.77. The Labute approximate surface area is 131 Å². The zero-order chi connectivity index (χ0) is 15.6. The Balaban J connectivity index is 2.08. The van der Waals surface area contributed by atoms with Gasteiger partial charge < -0.3 is 10.5 Å². The number of ether oxygens (including phenoxy) is 1. The lowest BCUT2D eigenvalue weighted by molar-refractivity contribution is 0.156. The molecule has 0 aliphatic heterocycles. The molecule has 1 aromatic rings. The van der Waals surface area contributed by atoms with Gasteiger partial charge in [0, 0.05) is 18.7 Å². The molecule has 3 atom stereocenters. The Kier molecular flexibility index (Phi) is 5.17. The van der Waals surface area contributed by atoms with Crippen molar-refractivity contribution < 1.29 is 13.2 Å². The van der Waals surface area contributed by atoms with E-state index in [-0.39, 0.29) is 17.4 Å². The molecule has 2 N–H and O–H groups in total. The van der Waals surface area contributed by atoms with E-state index in [0.29, 0.717) is 17.2 Å². The van der Waals surface area contributed by atoms with Crippen LogP contribution in [-0.4, -0.2) is 26.0 Å². The third-order valence-corrected chi connectivity index (χ3v) is 5.89. The summed E-state index contributed by atoms with van der Waals surface area (Å²) >= 11 is 6.22. The van der Waals surface area contributed by atoms with Crippen LogP contribution in [0.5, 0.6) is 5.75 Å². The van der Waals surface area contributed by atoms with Crippen LogP contribution in [-0.2, 0) is 9.84 Å². The van der Waals surface area contributed by atoms with Gasteiger partial charge in [0.2, 0.25) is 0 Å². The van der Waals surface area contributed by atoms with Crippen LogP contribution in [0.4, 0.5) is 0 Å². The van der Waals surface area contributed by atoms with Crippen molar-refractivity contribution in [2.45, 2.75) is 50.0 Å². The highest BCUT2D eigenvalue weighted by Crippen LogP contribution is 2.32. The molecule has 0 saturated heterocycles. The molecule has 118 valence electrons. The molecule has 0 heterocycles. The van der Waals surface area contributed by atoms with E-state index < -0.39 is 9.84 Å². The van der Waals surface area contributed by atoms with Gasteiger partial charge >= 0.3 is 0 Å². The quantitative estimate of drug-likeness (QED) is 0.920. The average Bonchev–Trinajstić information content (AvgIpc) is 2.40. The minimum absolute atomic E-state index is 0.0826. The number of rotatable bonds is 4. The van der Waals surface area contributed by atoms with Crippen molar-refractivity contribution in [1.29, 1.82) is 0 Å². The molecule has 0 spiro atoms. The molecule has 4 nitrogen and oxygen atoms in total.